The van der Waals surface area contributed by atoms with Crippen molar-refractivity contribution in [3.63, 3.8) is 0 Å². The van der Waals surface area contributed by atoms with Crippen LogP contribution < -0.4 is 11.1 Å². The zero-order chi connectivity index (χ0) is 12.6. The highest BCUT2D eigenvalue weighted by molar-refractivity contribution is 6.35. The van der Waals surface area contributed by atoms with Crippen molar-refractivity contribution < 1.29 is 9.21 Å². The number of anilines is 1. The molecule has 2 rings (SSSR count). The van der Waals surface area contributed by atoms with E-state index in [4.69, 9.17) is 27.6 Å². The first-order valence-electron chi connectivity index (χ1n) is 4.68. The summed E-state index contributed by atoms with van der Waals surface area (Å²) in [6, 6.07) is 3.04. The molecular formula is C10H8Cl2N2O3. The normalized spacial score (nSPS) is 10.8. The van der Waals surface area contributed by atoms with E-state index in [9.17, 15) is 9.59 Å². The van der Waals surface area contributed by atoms with Crippen LogP contribution in [0.2, 0.25) is 5.02 Å². The molecule has 1 heterocycles. The lowest BCUT2D eigenvalue weighted by atomic mass is 10.2. The number of nitrogens with zero attached hydrogens (tertiary/aromatic N) is 1. The Balaban J connectivity index is 2.57. The summed E-state index contributed by atoms with van der Waals surface area (Å²) < 4.78 is 6.27. The quantitative estimate of drug-likeness (QED) is 0.852. The van der Waals surface area contributed by atoms with E-state index in [0.29, 0.717) is 16.8 Å². The molecule has 0 atom stereocenters. The van der Waals surface area contributed by atoms with Crippen LogP contribution in [0.4, 0.5) is 5.69 Å². The number of aryl methyl sites for hydroxylation is 1. The standard InChI is InChI=1S/C10H8Cl2N2O3/c1-14-7-3-6(13-9(15)4-11)5(12)2-8(7)17-10(14)16/h2-3H,4H2,1H3,(H,13,15). The smallest absolute Gasteiger partial charge is 0.408 e. The molecule has 0 radical (unpaired) electrons. The Kier molecular flexibility index (Phi) is 3.13. The van der Waals surface area contributed by atoms with E-state index in [1.165, 1.54) is 10.6 Å². The molecule has 0 saturated heterocycles. The van der Waals surface area contributed by atoms with Crippen molar-refractivity contribution in [1.82, 2.24) is 4.57 Å². The van der Waals surface area contributed by atoms with Gasteiger partial charge in [0.05, 0.1) is 16.2 Å². The van der Waals surface area contributed by atoms with Gasteiger partial charge in [0.15, 0.2) is 5.58 Å². The van der Waals surface area contributed by atoms with Crippen LogP contribution in [0.25, 0.3) is 11.1 Å². The zero-order valence-electron chi connectivity index (χ0n) is 8.79. The van der Waals surface area contributed by atoms with Crippen molar-refractivity contribution in [1.29, 1.82) is 0 Å². The van der Waals surface area contributed by atoms with Gasteiger partial charge in [-0.1, -0.05) is 11.6 Å². The number of oxazole rings is 1. The first-order valence-corrected chi connectivity index (χ1v) is 5.59. The van der Waals surface area contributed by atoms with Crippen molar-refractivity contribution in [2.45, 2.75) is 0 Å². The summed E-state index contributed by atoms with van der Waals surface area (Å²) in [5, 5.41) is 2.81. The predicted octanol–water partition coefficient (Wildman–Crippen LogP) is 1.96. The molecule has 1 aromatic carbocycles. The summed E-state index contributed by atoms with van der Waals surface area (Å²) in [7, 11) is 1.56. The van der Waals surface area contributed by atoms with E-state index in [1.54, 1.807) is 13.1 Å². The van der Waals surface area contributed by atoms with E-state index in [0.717, 1.165) is 0 Å². The van der Waals surface area contributed by atoms with Gasteiger partial charge in [0, 0.05) is 13.1 Å². The molecule has 5 nitrogen and oxygen atoms in total. The number of rotatable bonds is 2. The van der Waals surface area contributed by atoms with Crippen LogP contribution in [0.15, 0.2) is 21.3 Å². The van der Waals surface area contributed by atoms with Crippen molar-refractivity contribution in [3.8, 4) is 0 Å². The largest absolute Gasteiger partial charge is 0.419 e. The Hall–Kier alpha value is -1.46. The van der Waals surface area contributed by atoms with Gasteiger partial charge in [-0.15, -0.1) is 11.6 Å². The van der Waals surface area contributed by atoms with Gasteiger partial charge in [0.2, 0.25) is 5.91 Å². The van der Waals surface area contributed by atoms with Crippen molar-refractivity contribution in [2.75, 3.05) is 11.2 Å². The second kappa shape index (κ2) is 4.43. The van der Waals surface area contributed by atoms with Gasteiger partial charge < -0.3 is 9.73 Å². The minimum atomic E-state index is -0.489. The maximum Gasteiger partial charge on any atom is 0.419 e. The summed E-state index contributed by atoms with van der Waals surface area (Å²) >= 11 is 11.3. The van der Waals surface area contributed by atoms with Gasteiger partial charge in [-0.05, 0) is 6.07 Å². The minimum absolute atomic E-state index is 0.168. The average molecular weight is 275 g/mol. The molecule has 0 bridgehead atoms. The van der Waals surface area contributed by atoms with E-state index in [2.05, 4.69) is 5.32 Å². The number of fused-ring (bicyclic) bond motifs is 1. The first kappa shape index (κ1) is 12.0. The first-order chi connectivity index (χ1) is 8.02. The molecule has 1 N–H and O–H groups in total. The molecule has 1 amide bonds. The number of hydrogen-bond donors (Lipinski definition) is 1. The fourth-order valence-electron chi connectivity index (χ4n) is 1.43. The van der Waals surface area contributed by atoms with E-state index in [-0.39, 0.29) is 16.8 Å². The molecule has 0 aliphatic rings. The molecule has 0 spiro atoms. The highest BCUT2D eigenvalue weighted by Gasteiger charge is 2.11. The van der Waals surface area contributed by atoms with Crippen LogP contribution in [0.5, 0.6) is 0 Å². The highest BCUT2D eigenvalue weighted by Crippen LogP contribution is 2.27. The number of halogens is 2. The molecule has 7 heteroatoms. The highest BCUT2D eigenvalue weighted by atomic mass is 35.5. The van der Waals surface area contributed by atoms with Gasteiger partial charge >= 0.3 is 5.76 Å². The van der Waals surface area contributed by atoms with Gasteiger partial charge in [0.1, 0.15) is 5.88 Å². The molecule has 0 aliphatic heterocycles. The number of hydrogen-bond acceptors (Lipinski definition) is 3. The van der Waals surface area contributed by atoms with Crippen LogP contribution in [-0.4, -0.2) is 16.4 Å². The monoisotopic (exact) mass is 274 g/mol. The van der Waals surface area contributed by atoms with Crippen molar-refractivity contribution >= 4 is 45.9 Å². The summed E-state index contributed by atoms with van der Waals surface area (Å²) in [6.45, 7) is 0. The Morgan fingerprint density at radius 2 is 2.24 bits per heavy atom. The van der Waals surface area contributed by atoms with Gasteiger partial charge in [-0.25, -0.2) is 4.79 Å². The average Bonchev–Trinajstić information content (AvgIpc) is 2.56. The van der Waals surface area contributed by atoms with Gasteiger partial charge in [0.25, 0.3) is 0 Å². The molecular weight excluding hydrogens is 267 g/mol. The van der Waals surface area contributed by atoms with Crippen molar-refractivity contribution in [3.05, 3.63) is 27.7 Å². The lowest BCUT2D eigenvalue weighted by Crippen LogP contribution is -2.13. The lowest BCUT2D eigenvalue weighted by Gasteiger charge is -2.05. The SMILES string of the molecule is Cn1c(=O)oc2cc(Cl)c(NC(=O)CCl)cc21. The molecule has 0 aliphatic carbocycles. The number of alkyl halides is 1. The summed E-state index contributed by atoms with van der Waals surface area (Å²) in [5.41, 5.74) is 1.30. The van der Waals surface area contributed by atoms with Gasteiger partial charge in [-0.3, -0.25) is 9.36 Å². The number of benzene rings is 1. The lowest BCUT2D eigenvalue weighted by molar-refractivity contribution is -0.113. The summed E-state index contributed by atoms with van der Waals surface area (Å²) in [5.74, 6) is -1.03. The number of carbonyl (C=O) groups is 1. The molecule has 0 saturated carbocycles. The van der Waals surface area contributed by atoms with E-state index < -0.39 is 5.76 Å². The molecule has 1 aromatic heterocycles. The van der Waals surface area contributed by atoms with Crippen LogP contribution >= 0.6 is 23.2 Å². The third-order valence-corrected chi connectivity index (χ3v) is 2.83. The molecule has 2 aromatic rings. The Bertz CT molecular complexity index is 645. The summed E-state index contributed by atoms with van der Waals surface area (Å²) in [6.07, 6.45) is 0. The third-order valence-electron chi connectivity index (χ3n) is 2.28. The Morgan fingerprint density at radius 1 is 1.53 bits per heavy atom. The zero-order valence-corrected chi connectivity index (χ0v) is 10.3. The van der Waals surface area contributed by atoms with Crippen LogP contribution in [-0.2, 0) is 11.8 Å². The molecule has 17 heavy (non-hydrogen) atoms. The predicted molar refractivity (Wildman–Crippen MR) is 65.8 cm³/mol. The van der Waals surface area contributed by atoms with Crippen molar-refractivity contribution in [2.24, 2.45) is 7.05 Å². The van der Waals surface area contributed by atoms with E-state index >= 15 is 0 Å². The minimum Gasteiger partial charge on any atom is -0.408 e. The Morgan fingerprint density at radius 3 is 2.88 bits per heavy atom. The fraction of sp³-hybridized carbons (Fsp3) is 0.200. The topological polar surface area (TPSA) is 64.2 Å². The maximum atomic E-state index is 11.3. The Labute approximate surface area is 106 Å². The molecule has 0 unspecified atom stereocenters. The molecule has 0 fully saturated rings. The second-order valence-electron chi connectivity index (χ2n) is 3.41. The van der Waals surface area contributed by atoms with Gasteiger partial charge in [-0.2, -0.15) is 0 Å². The third kappa shape index (κ3) is 2.16. The number of aromatic nitrogens is 1. The fourth-order valence-corrected chi connectivity index (χ4v) is 1.70. The van der Waals surface area contributed by atoms with Crippen LogP contribution in [0.3, 0.4) is 0 Å². The second-order valence-corrected chi connectivity index (χ2v) is 4.08. The van der Waals surface area contributed by atoms with Crippen LogP contribution in [0.1, 0.15) is 0 Å². The number of amides is 1. The number of carbonyl (C=O) groups excluding carboxylic acids is 1. The number of nitrogens with one attached hydrogen (secondary N) is 1. The maximum absolute atomic E-state index is 11.3. The van der Waals surface area contributed by atoms with E-state index in [1.807, 2.05) is 0 Å². The summed E-state index contributed by atoms with van der Waals surface area (Å²) in [4.78, 5) is 22.5. The van der Waals surface area contributed by atoms with Crippen LogP contribution in [0, 0.1) is 0 Å². The molecule has 90 valence electrons.